The zero-order chi connectivity index (χ0) is 27.1. The monoisotopic (exact) mass is 536 g/mol. The fourth-order valence-electron chi connectivity index (χ4n) is 9.79. The number of fused-ring (bicyclic) bond motifs is 5. The van der Waals surface area contributed by atoms with Gasteiger partial charge in [-0.1, -0.05) is 65.5 Å². The summed E-state index contributed by atoms with van der Waals surface area (Å²) in [5.74, 6) is 4.94. The highest BCUT2D eigenvalue weighted by atomic mass is 31.2. The number of hydrogen-bond acceptors (Lipinski definition) is 4. The molecule has 0 bridgehead atoms. The summed E-state index contributed by atoms with van der Waals surface area (Å²) in [6.07, 6.45) is 15.8. The molecule has 0 saturated heterocycles. The lowest BCUT2D eigenvalue weighted by atomic mass is 9.46. The van der Waals surface area contributed by atoms with Crippen LogP contribution in [0.3, 0.4) is 0 Å². The largest absolute Gasteiger partial charge is 0.385 e. The molecule has 214 valence electrons. The Morgan fingerprint density at radius 1 is 0.973 bits per heavy atom. The van der Waals surface area contributed by atoms with Crippen LogP contribution in [0.15, 0.2) is 11.6 Å². The lowest BCUT2D eigenvalue weighted by Gasteiger charge is -2.59. The third-order valence-electron chi connectivity index (χ3n) is 11.6. The van der Waals surface area contributed by atoms with Gasteiger partial charge in [0.2, 0.25) is 0 Å². The quantitative estimate of drug-likeness (QED) is 0.211. The van der Waals surface area contributed by atoms with Gasteiger partial charge in [-0.25, -0.2) is 0 Å². The average Bonchev–Trinajstić information content (AvgIpc) is 3.17. The Hall–Kier alpha value is -0.150. The van der Waals surface area contributed by atoms with E-state index in [-0.39, 0.29) is 11.6 Å². The minimum atomic E-state index is -3.30. The molecule has 3 fully saturated rings. The number of hydrogen-bond donors (Lipinski definition) is 1. The number of rotatable bonds is 11. The molecule has 0 amide bonds. The first-order valence-electron chi connectivity index (χ1n) is 15.7. The lowest BCUT2D eigenvalue weighted by Crippen LogP contribution is -2.52. The van der Waals surface area contributed by atoms with Crippen molar-refractivity contribution in [3.8, 4) is 0 Å². The fraction of sp³-hybridized carbons (Fsp3) is 0.938. The first kappa shape index (κ1) is 29.8. The molecular weight excluding hydrogens is 479 g/mol. The van der Waals surface area contributed by atoms with Crippen LogP contribution in [0.5, 0.6) is 0 Å². The maximum atomic E-state index is 13.3. The summed E-state index contributed by atoms with van der Waals surface area (Å²) in [5, 5.41) is 11.6. The summed E-state index contributed by atoms with van der Waals surface area (Å²) in [6, 6.07) is 0. The van der Waals surface area contributed by atoms with E-state index >= 15 is 0 Å². The van der Waals surface area contributed by atoms with Gasteiger partial charge in [-0.05, 0) is 112 Å². The second-order valence-electron chi connectivity index (χ2n) is 14.2. The van der Waals surface area contributed by atoms with Crippen LogP contribution >= 0.6 is 7.60 Å². The molecule has 0 heterocycles. The summed E-state index contributed by atoms with van der Waals surface area (Å²) in [6.45, 7) is 16.8. The van der Waals surface area contributed by atoms with Crippen molar-refractivity contribution in [1.82, 2.24) is 0 Å². The van der Waals surface area contributed by atoms with Crippen LogP contribution in [0.4, 0.5) is 0 Å². The molecule has 0 radical (unpaired) electrons. The highest BCUT2D eigenvalue weighted by molar-refractivity contribution is 7.53. The van der Waals surface area contributed by atoms with Crippen molar-refractivity contribution in [3.63, 3.8) is 0 Å². The average molecular weight is 537 g/mol. The van der Waals surface area contributed by atoms with Gasteiger partial charge >= 0.3 is 7.60 Å². The molecule has 0 aromatic heterocycles. The molecule has 0 spiro atoms. The molecule has 4 rings (SSSR count). The highest BCUT2D eigenvalue weighted by Crippen LogP contribution is 2.68. The van der Waals surface area contributed by atoms with Gasteiger partial charge in [-0.3, -0.25) is 4.57 Å². The van der Waals surface area contributed by atoms with E-state index in [0.717, 1.165) is 48.3 Å². The first-order chi connectivity index (χ1) is 17.4. The molecular formula is C32H57O4P. The summed E-state index contributed by atoms with van der Waals surface area (Å²) in [4.78, 5) is 0. The second kappa shape index (κ2) is 11.4. The second-order valence-corrected chi connectivity index (χ2v) is 16.3. The molecule has 4 aliphatic rings. The van der Waals surface area contributed by atoms with Crippen LogP contribution in [-0.4, -0.2) is 30.1 Å². The molecule has 1 unspecified atom stereocenters. The predicted octanol–water partition coefficient (Wildman–Crippen LogP) is 9.03. The van der Waals surface area contributed by atoms with Gasteiger partial charge in [-0.15, -0.1) is 0 Å². The predicted molar refractivity (Wildman–Crippen MR) is 154 cm³/mol. The van der Waals surface area contributed by atoms with E-state index in [9.17, 15) is 9.67 Å². The molecule has 0 aromatic carbocycles. The molecule has 8 atom stereocenters. The van der Waals surface area contributed by atoms with Gasteiger partial charge in [0.05, 0.1) is 25.0 Å². The molecule has 4 aliphatic carbocycles. The smallest absolute Gasteiger partial charge is 0.333 e. The first-order valence-corrected chi connectivity index (χ1v) is 17.4. The SMILES string of the molecule is CCOP(=O)(CC1(O)C=C2CC[C@H]3[C@@H]4CC[C@H]([C@H](C)CCCC(C)C)[C@@]4(C)CC[C@@H]3[C@@]2(C)CC1)OCC. The van der Waals surface area contributed by atoms with Gasteiger partial charge < -0.3 is 14.2 Å². The van der Waals surface area contributed by atoms with E-state index in [2.05, 4.69) is 40.7 Å². The van der Waals surface area contributed by atoms with Gasteiger partial charge in [0.1, 0.15) is 0 Å². The van der Waals surface area contributed by atoms with Crippen molar-refractivity contribution in [2.75, 3.05) is 19.4 Å². The standard InChI is InChI=1S/C32H57O4P/c1-8-35-37(34,36-9-2)22-32(33)20-19-30(6)25(21-32)13-14-26-28-16-15-27(24(5)12-10-11-23(3)4)31(28,7)18-17-29(26)30/h21,23-24,26-29,33H,8-20,22H2,1-7H3/t24-,26+,27-,28+,29+,30+,31-,32?/m1/s1. The van der Waals surface area contributed by atoms with Gasteiger partial charge in [-0.2, -0.15) is 0 Å². The van der Waals surface area contributed by atoms with E-state index in [1.165, 1.54) is 56.9 Å². The molecule has 0 aliphatic heterocycles. The highest BCUT2D eigenvalue weighted by Gasteiger charge is 2.60. The van der Waals surface area contributed by atoms with E-state index in [1.807, 2.05) is 13.8 Å². The van der Waals surface area contributed by atoms with Crippen molar-refractivity contribution in [3.05, 3.63) is 11.6 Å². The molecule has 37 heavy (non-hydrogen) atoms. The Bertz CT molecular complexity index is 859. The van der Waals surface area contributed by atoms with Crippen LogP contribution in [0.25, 0.3) is 0 Å². The number of allylic oxidation sites excluding steroid dienone is 1. The lowest BCUT2D eigenvalue weighted by molar-refractivity contribution is -0.0679. The van der Waals surface area contributed by atoms with Crippen molar-refractivity contribution in [2.24, 2.45) is 46.3 Å². The van der Waals surface area contributed by atoms with Crippen molar-refractivity contribution >= 4 is 7.60 Å². The molecule has 0 aromatic rings. The zero-order valence-corrected chi connectivity index (χ0v) is 26.0. The Balaban J connectivity index is 1.48. The van der Waals surface area contributed by atoms with Gasteiger partial charge in [0, 0.05) is 0 Å². The topological polar surface area (TPSA) is 55.8 Å². The zero-order valence-electron chi connectivity index (χ0n) is 25.1. The third-order valence-corrected chi connectivity index (χ3v) is 13.8. The minimum Gasteiger partial charge on any atom is -0.385 e. The Kier molecular flexibility index (Phi) is 9.17. The summed E-state index contributed by atoms with van der Waals surface area (Å²) in [7, 11) is -3.30. The van der Waals surface area contributed by atoms with E-state index in [1.54, 1.807) is 0 Å². The Morgan fingerprint density at radius 3 is 2.32 bits per heavy atom. The molecule has 3 saturated carbocycles. The molecule has 5 heteroatoms. The molecule has 4 nitrogen and oxygen atoms in total. The maximum Gasteiger partial charge on any atom is 0.333 e. The van der Waals surface area contributed by atoms with Gasteiger partial charge in [0.25, 0.3) is 0 Å². The van der Waals surface area contributed by atoms with Crippen molar-refractivity contribution in [1.29, 1.82) is 0 Å². The third kappa shape index (κ3) is 5.84. The van der Waals surface area contributed by atoms with Crippen molar-refractivity contribution < 1.29 is 18.7 Å². The van der Waals surface area contributed by atoms with Crippen LogP contribution in [0.1, 0.15) is 119 Å². The van der Waals surface area contributed by atoms with E-state index < -0.39 is 13.2 Å². The van der Waals surface area contributed by atoms with Gasteiger partial charge in [0.15, 0.2) is 0 Å². The molecule has 1 N–H and O–H groups in total. The summed E-state index contributed by atoms with van der Waals surface area (Å²) in [5.41, 5.74) is 1.00. The van der Waals surface area contributed by atoms with E-state index in [4.69, 9.17) is 9.05 Å². The van der Waals surface area contributed by atoms with Crippen LogP contribution < -0.4 is 0 Å². The van der Waals surface area contributed by atoms with E-state index in [0.29, 0.717) is 25.0 Å². The summed E-state index contributed by atoms with van der Waals surface area (Å²) < 4.78 is 24.4. The van der Waals surface area contributed by atoms with Crippen LogP contribution in [0, 0.1) is 46.3 Å². The maximum absolute atomic E-state index is 13.3. The van der Waals surface area contributed by atoms with Crippen LogP contribution in [-0.2, 0) is 13.6 Å². The normalized spacial score (nSPS) is 40.6. The summed E-state index contributed by atoms with van der Waals surface area (Å²) >= 11 is 0. The fourth-order valence-corrected chi connectivity index (χ4v) is 11.8. The number of aliphatic hydroxyl groups is 1. The van der Waals surface area contributed by atoms with Crippen molar-refractivity contribution in [2.45, 2.75) is 125 Å². The minimum absolute atomic E-state index is 0.0758. The van der Waals surface area contributed by atoms with Crippen LogP contribution in [0.2, 0.25) is 0 Å². The Morgan fingerprint density at radius 2 is 1.68 bits per heavy atom. The Labute approximate surface area is 228 Å².